The molecule has 3 amide bonds. The number of ether oxygens (including phenoxy) is 1. The lowest BCUT2D eigenvalue weighted by molar-refractivity contribution is -0.131. The van der Waals surface area contributed by atoms with E-state index in [2.05, 4.69) is 10.3 Å². The second-order valence-corrected chi connectivity index (χ2v) is 10.9. The SMILES string of the molecule is COC(C)(C)C.NC(=O)c1cc(-c2cccnc2C(Cc2cc(F)cc(F)c2)NC(=O)C2CC(=O)CN2C=O)ccc1F. The van der Waals surface area contributed by atoms with E-state index in [1.165, 1.54) is 18.3 Å². The van der Waals surface area contributed by atoms with Crippen LogP contribution in [0.1, 0.15) is 54.8 Å². The number of likely N-dealkylation sites (tertiary alicyclic amines) is 1. The van der Waals surface area contributed by atoms with E-state index in [0.29, 0.717) is 23.6 Å². The van der Waals surface area contributed by atoms with Crippen molar-refractivity contribution >= 4 is 24.0 Å². The molecule has 12 heteroatoms. The number of carbonyl (C=O) groups is 4. The first-order valence-electron chi connectivity index (χ1n) is 13.3. The molecule has 1 saturated heterocycles. The third kappa shape index (κ3) is 8.95. The molecular weight excluding hydrogens is 565 g/mol. The van der Waals surface area contributed by atoms with E-state index in [4.69, 9.17) is 10.5 Å². The molecule has 0 spiro atoms. The molecule has 3 N–H and O–H groups in total. The van der Waals surface area contributed by atoms with E-state index in [-0.39, 0.29) is 47.6 Å². The van der Waals surface area contributed by atoms with Gasteiger partial charge in [-0.1, -0.05) is 12.1 Å². The van der Waals surface area contributed by atoms with Crippen molar-refractivity contribution in [2.24, 2.45) is 5.73 Å². The molecule has 43 heavy (non-hydrogen) atoms. The van der Waals surface area contributed by atoms with Crippen molar-refractivity contribution < 1.29 is 37.1 Å². The predicted octanol–water partition coefficient (Wildman–Crippen LogP) is 3.90. The van der Waals surface area contributed by atoms with Gasteiger partial charge in [0.1, 0.15) is 23.5 Å². The van der Waals surface area contributed by atoms with Crippen LogP contribution in [-0.2, 0) is 25.5 Å². The molecular formula is C31H33F3N4O5. The average Bonchev–Trinajstić information content (AvgIpc) is 3.33. The van der Waals surface area contributed by atoms with Crippen molar-refractivity contribution in [3.05, 3.63) is 89.0 Å². The van der Waals surface area contributed by atoms with Gasteiger partial charge in [0.25, 0.3) is 5.91 Å². The first-order valence-corrected chi connectivity index (χ1v) is 13.3. The normalized spacial score (nSPS) is 15.4. The minimum atomic E-state index is -1.06. The number of ketones is 1. The summed E-state index contributed by atoms with van der Waals surface area (Å²) < 4.78 is 46.9. The van der Waals surface area contributed by atoms with Gasteiger partial charge in [0.15, 0.2) is 5.78 Å². The fourth-order valence-electron chi connectivity index (χ4n) is 4.33. The largest absolute Gasteiger partial charge is 0.379 e. The number of nitrogens with two attached hydrogens (primary N) is 1. The Morgan fingerprint density at radius 1 is 1.14 bits per heavy atom. The summed E-state index contributed by atoms with van der Waals surface area (Å²) in [4.78, 5) is 53.5. The Hall–Kier alpha value is -4.58. The maximum Gasteiger partial charge on any atom is 0.251 e. The number of carbonyl (C=O) groups excluding carboxylic acids is 4. The number of pyridine rings is 1. The third-order valence-corrected chi connectivity index (χ3v) is 6.62. The third-order valence-electron chi connectivity index (χ3n) is 6.62. The molecule has 3 aromatic rings. The van der Waals surface area contributed by atoms with Gasteiger partial charge in [-0.3, -0.25) is 24.2 Å². The molecule has 4 rings (SSSR count). The van der Waals surface area contributed by atoms with Gasteiger partial charge in [0.2, 0.25) is 12.3 Å². The highest BCUT2D eigenvalue weighted by molar-refractivity contribution is 5.96. The van der Waals surface area contributed by atoms with Gasteiger partial charge < -0.3 is 20.7 Å². The number of primary amides is 1. The number of Topliss-reactive ketones (excluding diaryl/α,β-unsaturated/α-hetero) is 1. The van der Waals surface area contributed by atoms with Crippen LogP contribution in [0, 0.1) is 17.5 Å². The van der Waals surface area contributed by atoms with E-state index in [0.717, 1.165) is 23.1 Å². The summed E-state index contributed by atoms with van der Waals surface area (Å²) in [5.41, 5.74) is 6.15. The summed E-state index contributed by atoms with van der Waals surface area (Å²) >= 11 is 0. The van der Waals surface area contributed by atoms with E-state index < -0.39 is 41.3 Å². The molecule has 0 bridgehead atoms. The number of hydrogen-bond donors (Lipinski definition) is 2. The quantitative estimate of drug-likeness (QED) is 0.378. The van der Waals surface area contributed by atoms with Crippen molar-refractivity contribution in [2.75, 3.05) is 13.7 Å². The minimum Gasteiger partial charge on any atom is -0.379 e. The number of hydrogen-bond acceptors (Lipinski definition) is 6. The molecule has 2 heterocycles. The lowest BCUT2D eigenvalue weighted by atomic mass is 9.94. The molecule has 9 nitrogen and oxygen atoms in total. The highest BCUT2D eigenvalue weighted by Gasteiger charge is 2.36. The van der Waals surface area contributed by atoms with Gasteiger partial charge in [-0.05, 0) is 68.7 Å². The van der Waals surface area contributed by atoms with Crippen LogP contribution in [-0.4, -0.2) is 59.2 Å². The molecule has 2 unspecified atom stereocenters. The van der Waals surface area contributed by atoms with Crippen LogP contribution in [0.5, 0.6) is 0 Å². The Balaban J connectivity index is 0.000000765. The van der Waals surface area contributed by atoms with Crippen LogP contribution in [0.25, 0.3) is 11.1 Å². The molecule has 1 aliphatic heterocycles. The van der Waals surface area contributed by atoms with Crippen LogP contribution < -0.4 is 11.1 Å². The van der Waals surface area contributed by atoms with Gasteiger partial charge in [0.05, 0.1) is 29.4 Å². The lowest BCUT2D eigenvalue weighted by Crippen LogP contribution is -2.44. The number of nitrogens with zero attached hydrogens (tertiary/aromatic N) is 2. The Kier molecular flexibility index (Phi) is 10.8. The zero-order valence-corrected chi connectivity index (χ0v) is 24.2. The molecule has 1 aromatic heterocycles. The smallest absolute Gasteiger partial charge is 0.251 e. The number of nitrogens with one attached hydrogen (secondary N) is 1. The molecule has 1 aliphatic rings. The Morgan fingerprint density at radius 2 is 1.79 bits per heavy atom. The maximum absolute atomic E-state index is 14.1. The van der Waals surface area contributed by atoms with E-state index >= 15 is 0 Å². The van der Waals surface area contributed by atoms with Gasteiger partial charge in [-0.2, -0.15) is 0 Å². The fraction of sp³-hybridized carbons (Fsp3) is 0.323. The zero-order valence-electron chi connectivity index (χ0n) is 24.2. The maximum atomic E-state index is 14.1. The first kappa shape index (κ1) is 32.9. The highest BCUT2D eigenvalue weighted by atomic mass is 19.1. The average molecular weight is 599 g/mol. The predicted molar refractivity (Wildman–Crippen MR) is 152 cm³/mol. The molecule has 0 radical (unpaired) electrons. The Labute approximate surface area is 247 Å². The van der Waals surface area contributed by atoms with Gasteiger partial charge in [0, 0.05) is 31.4 Å². The van der Waals surface area contributed by atoms with Crippen LogP contribution in [0.4, 0.5) is 13.2 Å². The monoisotopic (exact) mass is 598 g/mol. The Morgan fingerprint density at radius 3 is 2.37 bits per heavy atom. The summed E-state index contributed by atoms with van der Waals surface area (Å²) in [6, 6.07) is 7.75. The molecule has 0 saturated carbocycles. The van der Waals surface area contributed by atoms with Crippen LogP contribution in [0.15, 0.2) is 54.7 Å². The van der Waals surface area contributed by atoms with Gasteiger partial charge in [-0.15, -0.1) is 0 Å². The fourth-order valence-corrected chi connectivity index (χ4v) is 4.33. The molecule has 228 valence electrons. The van der Waals surface area contributed by atoms with E-state index in [9.17, 15) is 32.3 Å². The van der Waals surface area contributed by atoms with Crippen molar-refractivity contribution in [2.45, 2.75) is 51.3 Å². The number of amides is 3. The van der Waals surface area contributed by atoms with Crippen LogP contribution in [0.3, 0.4) is 0 Å². The molecule has 1 fully saturated rings. The summed E-state index contributed by atoms with van der Waals surface area (Å²) in [5.74, 6) is -4.39. The summed E-state index contributed by atoms with van der Waals surface area (Å²) in [6.07, 6.45) is 1.54. The van der Waals surface area contributed by atoms with Crippen LogP contribution in [0.2, 0.25) is 0 Å². The van der Waals surface area contributed by atoms with Crippen molar-refractivity contribution in [1.29, 1.82) is 0 Å². The first-order chi connectivity index (χ1) is 20.2. The topological polar surface area (TPSA) is 132 Å². The molecule has 2 aromatic carbocycles. The summed E-state index contributed by atoms with van der Waals surface area (Å²) in [6.45, 7) is 5.86. The number of methoxy groups -OCH3 is 1. The zero-order chi connectivity index (χ0) is 31.9. The second-order valence-electron chi connectivity index (χ2n) is 10.9. The number of aromatic nitrogens is 1. The highest BCUT2D eigenvalue weighted by Crippen LogP contribution is 2.31. The number of benzene rings is 2. The van der Waals surface area contributed by atoms with Gasteiger partial charge >= 0.3 is 0 Å². The van der Waals surface area contributed by atoms with Crippen LogP contribution >= 0.6 is 0 Å². The summed E-state index contributed by atoms with van der Waals surface area (Å²) in [7, 11) is 1.71. The Bertz CT molecular complexity index is 1490. The lowest BCUT2D eigenvalue weighted by Gasteiger charge is -2.25. The van der Waals surface area contributed by atoms with Gasteiger partial charge in [-0.25, -0.2) is 13.2 Å². The van der Waals surface area contributed by atoms with E-state index in [1.54, 1.807) is 19.2 Å². The second kappa shape index (κ2) is 14.1. The van der Waals surface area contributed by atoms with Crippen molar-refractivity contribution in [3.8, 4) is 11.1 Å². The number of halogens is 3. The van der Waals surface area contributed by atoms with Crippen molar-refractivity contribution in [1.82, 2.24) is 15.2 Å². The summed E-state index contributed by atoms with van der Waals surface area (Å²) in [5, 5.41) is 2.74. The number of rotatable bonds is 8. The molecule has 2 atom stereocenters. The van der Waals surface area contributed by atoms with E-state index in [1.807, 2.05) is 20.8 Å². The van der Waals surface area contributed by atoms with Crippen molar-refractivity contribution in [3.63, 3.8) is 0 Å². The standard InChI is InChI=1S/C26H21F3N4O4.C5H12O/c27-16-6-14(7-17(28)10-16)8-22(32-26(37)23-11-18(35)12-33(23)13-34)24-19(2-1-5-31-24)15-3-4-21(29)20(9-15)25(30)36;1-5(2,3)6-4/h1-7,9-10,13,22-23H,8,11-12H2,(H2,30,36)(H,32,37);1-4H3. The minimum absolute atomic E-state index is 0.0417. The molecule has 0 aliphatic carbocycles.